The van der Waals surface area contributed by atoms with Crippen LogP contribution in [-0.4, -0.2) is 64.3 Å². The number of aromatic nitrogens is 1. The van der Waals surface area contributed by atoms with Gasteiger partial charge in [0.2, 0.25) is 0 Å². The van der Waals surface area contributed by atoms with Gasteiger partial charge in [-0.15, -0.1) is 0 Å². The van der Waals surface area contributed by atoms with Gasteiger partial charge < -0.3 is 39.6 Å². The zero-order chi connectivity index (χ0) is 21.4. The summed E-state index contributed by atoms with van der Waals surface area (Å²) in [6.45, 7) is 0.681. The third-order valence-corrected chi connectivity index (χ3v) is 3.75. The van der Waals surface area contributed by atoms with Crippen molar-refractivity contribution >= 4 is 23.9 Å². The minimum absolute atomic E-state index is 0.146. The Kier molecular flexibility index (Phi) is 8.48. The van der Waals surface area contributed by atoms with Crippen LogP contribution in [0.3, 0.4) is 0 Å². The van der Waals surface area contributed by atoms with E-state index < -0.39 is 49.6 Å². The van der Waals surface area contributed by atoms with Gasteiger partial charge in [-0.05, 0) is 31.5 Å². The second-order valence-corrected chi connectivity index (χ2v) is 6.29. The monoisotopic (exact) mass is 393 g/mol. The third-order valence-electron chi connectivity index (χ3n) is 3.75. The Bertz CT molecular complexity index is 736. The number of carbonyl (C=O) groups excluding carboxylic acids is 4. The molecule has 11 nitrogen and oxygen atoms in total. The van der Waals surface area contributed by atoms with Crippen molar-refractivity contribution < 1.29 is 39.6 Å². The molecule has 1 heterocycles. The van der Waals surface area contributed by atoms with Crippen molar-refractivity contribution in [3.63, 3.8) is 0 Å². The SMILES string of the molecule is Cc1cc(CN(CC(=O)[O-])CC(=O)[O-])nc(CN(CC(=O)[O-])C(C)C(=O)[O-])c1. The Morgan fingerprint density at radius 3 is 1.79 bits per heavy atom. The molecule has 1 aromatic heterocycles. The fourth-order valence-electron chi connectivity index (χ4n) is 2.59. The maximum Gasteiger partial charge on any atom is 0.0584 e. The molecule has 0 aliphatic carbocycles. The molecule has 1 unspecified atom stereocenters. The van der Waals surface area contributed by atoms with Gasteiger partial charge in [-0.1, -0.05) is 0 Å². The molecule has 28 heavy (non-hydrogen) atoms. The van der Waals surface area contributed by atoms with Gasteiger partial charge in [0.15, 0.2) is 0 Å². The number of hydrogen-bond acceptors (Lipinski definition) is 11. The summed E-state index contributed by atoms with van der Waals surface area (Å²) in [5.41, 5.74) is 1.30. The van der Waals surface area contributed by atoms with E-state index in [0.717, 1.165) is 9.80 Å². The minimum Gasteiger partial charge on any atom is -0.549 e. The summed E-state index contributed by atoms with van der Waals surface area (Å²) in [6.07, 6.45) is 0. The number of carboxylic acid groups (broad SMARTS) is 4. The Morgan fingerprint density at radius 2 is 1.36 bits per heavy atom. The predicted octanol–water partition coefficient (Wildman–Crippen LogP) is -5.62. The van der Waals surface area contributed by atoms with Crippen molar-refractivity contribution in [1.82, 2.24) is 14.8 Å². The van der Waals surface area contributed by atoms with E-state index in [0.29, 0.717) is 17.0 Å². The minimum atomic E-state index is -1.48. The van der Waals surface area contributed by atoms with E-state index in [1.54, 1.807) is 19.1 Å². The van der Waals surface area contributed by atoms with Gasteiger partial charge >= 0.3 is 0 Å². The number of hydrogen-bond donors (Lipinski definition) is 0. The Morgan fingerprint density at radius 1 is 0.893 bits per heavy atom. The predicted molar refractivity (Wildman–Crippen MR) is 84.2 cm³/mol. The highest BCUT2D eigenvalue weighted by Crippen LogP contribution is 2.12. The zero-order valence-electron chi connectivity index (χ0n) is 15.4. The van der Waals surface area contributed by atoms with Crippen LogP contribution in [0.15, 0.2) is 12.1 Å². The molecule has 0 spiro atoms. The second-order valence-electron chi connectivity index (χ2n) is 6.29. The highest BCUT2D eigenvalue weighted by molar-refractivity contribution is 5.73. The topological polar surface area (TPSA) is 180 Å². The maximum atomic E-state index is 11.1. The molecule has 0 aliphatic rings. The normalized spacial score (nSPS) is 12.1. The van der Waals surface area contributed by atoms with Gasteiger partial charge in [0.05, 0.1) is 35.3 Å². The summed E-state index contributed by atoms with van der Waals surface area (Å²) in [4.78, 5) is 49.9. The van der Waals surface area contributed by atoms with Crippen LogP contribution < -0.4 is 20.4 Å². The molecular formula is C17H19N3O8-4. The molecule has 0 N–H and O–H groups in total. The molecule has 0 saturated heterocycles. The largest absolute Gasteiger partial charge is 0.549 e. The molecule has 0 amide bonds. The smallest absolute Gasteiger partial charge is 0.0584 e. The number of aryl methyl sites for hydroxylation is 1. The average Bonchev–Trinajstić information content (AvgIpc) is 2.50. The quantitative estimate of drug-likeness (QED) is 0.330. The molecule has 0 fully saturated rings. The summed E-state index contributed by atoms with van der Waals surface area (Å²) >= 11 is 0. The first kappa shape index (κ1) is 23.0. The third kappa shape index (κ3) is 8.10. The lowest BCUT2D eigenvalue weighted by molar-refractivity contribution is -0.315. The molecule has 1 rings (SSSR count). The Labute approximate surface area is 160 Å². The van der Waals surface area contributed by atoms with Crippen molar-refractivity contribution in [3.05, 3.63) is 29.1 Å². The first-order valence-corrected chi connectivity index (χ1v) is 8.21. The van der Waals surface area contributed by atoms with Crippen molar-refractivity contribution in [1.29, 1.82) is 0 Å². The number of aliphatic carboxylic acids is 4. The van der Waals surface area contributed by atoms with Gasteiger partial charge in [0, 0.05) is 38.8 Å². The molecule has 1 atom stereocenters. The highest BCUT2D eigenvalue weighted by Gasteiger charge is 2.17. The molecule has 1 aromatic rings. The van der Waals surface area contributed by atoms with E-state index in [1.165, 1.54) is 6.92 Å². The zero-order valence-corrected chi connectivity index (χ0v) is 15.4. The summed E-state index contributed by atoms with van der Waals surface area (Å²) in [5, 5.41) is 43.5. The van der Waals surface area contributed by atoms with Crippen LogP contribution in [0.4, 0.5) is 0 Å². The number of nitrogens with zero attached hydrogens (tertiary/aromatic N) is 3. The molecule has 11 heteroatoms. The van der Waals surface area contributed by atoms with Crippen LogP contribution in [0.25, 0.3) is 0 Å². The van der Waals surface area contributed by atoms with Crippen LogP contribution in [-0.2, 0) is 32.3 Å². The summed E-state index contributed by atoms with van der Waals surface area (Å²) in [5.74, 6) is -5.90. The molecule has 0 bridgehead atoms. The average molecular weight is 393 g/mol. The fraction of sp³-hybridized carbons (Fsp3) is 0.471. The van der Waals surface area contributed by atoms with E-state index in [9.17, 15) is 39.6 Å². The highest BCUT2D eigenvalue weighted by atomic mass is 16.4. The first-order chi connectivity index (χ1) is 13.0. The van der Waals surface area contributed by atoms with E-state index >= 15 is 0 Å². The Balaban J connectivity index is 3.06. The summed E-state index contributed by atoms with van der Waals surface area (Å²) in [6, 6.07) is 1.96. The van der Waals surface area contributed by atoms with Crippen LogP contribution in [0, 0.1) is 6.92 Å². The second kappa shape index (κ2) is 10.3. The Hall–Kier alpha value is -3.05. The van der Waals surface area contributed by atoms with Gasteiger partial charge in [0.25, 0.3) is 0 Å². The van der Waals surface area contributed by atoms with Crippen LogP contribution in [0.2, 0.25) is 0 Å². The fourth-order valence-corrected chi connectivity index (χ4v) is 2.59. The van der Waals surface area contributed by atoms with Crippen LogP contribution in [0.5, 0.6) is 0 Å². The molecular weight excluding hydrogens is 374 g/mol. The van der Waals surface area contributed by atoms with Gasteiger partial charge in [-0.25, -0.2) is 0 Å². The van der Waals surface area contributed by atoms with E-state index in [2.05, 4.69) is 4.98 Å². The number of carbonyl (C=O) groups is 4. The van der Waals surface area contributed by atoms with Crippen molar-refractivity contribution in [2.45, 2.75) is 33.0 Å². The molecule has 154 valence electrons. The first-order valence-electron chi connectivity index (χ1n) is 8.21. The van der Waals surface area contributed by atoms with Crippen molar-refractivity contribution in [2.75, 3.05) is 19.6 Å². The summed E-state index contributed by atoms with van der Waals surface area (Å²) in [7, 11) is 0. The number of rotatable bonds is 12. The van der Waals surface area contributed by atoms with Gasteiger partial charge in [0.1, 0.15) is 0 Å². The van der Waals surface area contributed by atoms with Crippen LogP contribution >= 0.6 is 0 Å². The van der Waals surface area contributed by atoms with E-state index in [-0.39, 0.29) is 13.1 Å². The van der Waals surface area contributed by atoms with Crippen molar-refractivity contribution in [3.8, 4) is 0 Å². The van der Waals surface area contributed by atoms with Gasteiger partial charge in [-0.3, -0.25) is 14.8 Å². The number of carboxylic acids is 4. The number of pyridine rings is 1. The maximum absolute atomic E-state index is 11.1. The van der Waals surface area contributed by atoms with E-state index in [4.69, 9.17) is 0 Å². The van der Waals surface area contributed by atoms with Gasteiger partial charge in [-0.2, -0.15) is 0 Å². The molecule has 0 aromatic carbocycles. The molecule has 0 aliphatic heterocycles. The standard InChI is InChI=1S/C17H23N3O8/c1-10-3-12(5-19(7-14(21)22)8-15(23)24)18-13(4-10)6-20(9-16(25)26)11(2)17(27)28/h3-4,11H,5-9H2,1-2H3,(H,21,22)(H,23,24)(H,25,26)(H,27,28)/p-4. The summed E-state index contributed by atoms with van der Waals surface area (Å²) < 4.78 is 0. The molecule has 0 radical (unpaired) electrons. The lowest BCUT2D eigenvalue weighted by atomic mass is 10.1. The van der Waals surface area contributed by atoms with E-state index in [1.807, 2.05) is 0 Å². The van der Waals surface area contributed by atoms with Crippen molar-refractivity contribution in [2.24, 2.45) is 0 Å². The lowest BCUT2D eigenvalue weighted by Crippen LogP contribution is -2.50. The molecule has 0 saturated carbocycles. The lowest BCUT2D eigenvalue weighted by Gasteiger charge is -2.30. The van der Waals surface area contributed by atoms with Crippen LogP contribution in [0.1, 0.15) is 23.9 Å².